The fourth-order valence-corrected chi connectivity index (χ4v) is 1.97. The molecule has 2 aromatic rings. The molecule has 0 spiro atoms. The molecule has 0 aliphatic carbocycles. The van der Waals surface area contributed by atoms with Gasteiger partial charge in [0.2, 0.25) is 0 Å². The summed E-state index contributed by atoms with van der Waals surface area (Å²) in [6, 6.07) is 5.21. The molecule has 0 saturated carbocycles. The number of likely N-dealkylation sites (N-methyl/N-ethyl adjacent to an activating group) is 1. The molecule has 1 heterocycles. The number of aliphatic hydroxyl groups is 1. The number of hydrogen-bond donors (Lipinski definition) is 1. The Morgan fingerprint density at radius 3 is 2.53 bits per heavy atom. The number of aromatic nitrogens is 2. The highest BCUT2D eigenvalue weighted by Crippen LogP contribution is 2.13. The Morgan fingerprint density at radius 1 is 1.26 bits per heavy atom. The minimum Gasteiger partial charge on any atom is -0.389 e. The van der Waals surface area contributed by atoms with Gasteiger partial charge < -0.3 is 10.0 Å². The minimum atomic E-state index is -0.916. The van der Waals surface area contributed by atoms with Gasteiger partial charge in [0.05, 0.1) is 16.6 Å². The maximum Gasteiger partial charge on any atom is 0.253 e. The van der Waals surface area contributed by atoms with Crippen LogP contribution in [0.3, 0.4) is 0 Å². The number of carbonyl (C=O) groups is 1. The van der Waals surface area contributed by atoms with Crippen LogP contribution < -0.4 is 0 Å². The summed E-state index contributed by atoms with van der Waals surface area (Å²) < 4.78 is 0. The molecule has 0 saturated heterocycles. The van der Waals surface area contributed by atoms with Crippen LogP contribution in [0.5, 0.6) is 0 Å². The molecular formula is C14H17N3O2. The van der Waals surface area contributed by atoms with Crippen molar-refractivity contribution < 1.29 is 9.90 Å². The first-order valence-corrected chi connectivity index (χ1v) is 6.05. The predicted molar refractivity (Wildman–Crippen MR) is 72.8 cm³/mol. The predicted octanol–water partition coefficient (Wildman–Crippen LogP) is 1.47. The molecule has 0 radical (unpaired) electrons. The van der Waals surface area contributed by atoms with Gasteiger partial charge in [-0.2, -0.15) is 0 Å². The van der Waals surface area contributed by atoms with E-state index in [9.17, 15) is 9.90 Å². The summed E-state index contributed by atoms with van der Waals surface area (Å²) in [5, 5.41) is 9.74. The van der Waals surface area contributed by atoms with E-state index in [1.807, 2.05) is 0 Å². The fourth-order valence-electron chi connectivity index (χ4n) is 1.97. The summed E-state index contributed by atoms with van der Waals surface area (Å²) in [4.78, 5) is 22.1. The molecule has 19 heavy (non-hydrogen) atoms. The van der Waals surface area contributed by atoms with Crippen molar-refractivity contribution in [1.29, 1.82) is 0 Å². The van der Waals surface area contributed by atoms with E-state index in [1.165, 1.54) is 4.90 Å². The van der Waals surface area contributed by atoms with Gasteiger partial charge in [-0.15, -0.1) is 0 Å². The van der Waals surface area contributed by atoms with Crippen LogP contribution in [-0.2, 0) is 0 Å². The van der Waals surface area contributed by atoms with Crippen LogP contribution in [0, 0.1) is 0 Å². The zero-order valence-corrected chi connectivity index (χ0v) is 11.3. The summed E-state index contributed by atoms with van der Waals surface area (Å²) in [6.07, 6.45) is 3.21. The fraction of sp³-hybridized carbons (Fsp3) is 0.357. The molecule has 100 valence electrons. The monoisotopic (exact) mass is 259 g/mol. The quantitative estimate of drug-likeness (QED) is 0.906. The highest BCUT2D eigenvalue weighted by atomic mass is 16.3. The zero-order valence-electron chi connectivity index (χ0n) is 11.3. The van der Waals surface area contributed by atoms with Crippen molar-refractivity contribution in [2.75, 3.05) is 13.6 Å². The maximum atomic E-state index is 12.2. The number of fused-ring (bicyclic) bond motifs is 1. The summed E-state index contributed by atoms with van der Waals surface area (Å²) in [5.74, 6) is -0.144. The van der Waals surface area contributed by atoms with Gasteiger partial charge in [-0.1, -0.05) is 0 Å². The van der Waals surface area contributed by atoms with Gasteiger partial charge in [0.15, 0.2) is 0 Å². The van der Waals surface area contributed by atoms with Crippen molar-refractivity contribution in [3.63, 3.8) is 0 Å². The maximum absolute atomic E-state index is 12.2. The summed E-state index contributed by atoms with van der Waals surface area (Å²) in [6.45, 7) is 3.61. The third-order valence-electron chi connectivity index (χ3n) is 2.69. The van der Waals surface area contributed by atoms with E-state index in [4.69, 9.17) is 0 Å². The molecule has 5 nitrogen and oxygen atoms in total. The minimum absolute atomic E-state index is 0.144. The van der Waals surface area contributed by atoms with Crippen molar-refractivity contribution in [2.45, 2.75) is 19.4 Å². The van der Waals surface area contributed by atoms with Crippen molar-refractivity contribution in [3.05, 3.63) is 36.2 Å². The number of hydrogen-bond acceptors (Lipinski definition) is 4. The van der Waals surface area contributed by atoms with E-state index in [0.717, 1.165) is 5.52 Å². The van der Waals surface area contributed by atoms with Crippen LogP contribution in [0.1, 0.15) is 24.2 Å². The van der Waals surface area contributed by atoms with Crippen LogP contribution in [-0.4, -0.2) is 45.1 Å². The Balaban J connectivity index is 2.26. The molecule has 0 aliphatic rings. The van der Waals surface area contributed by atoms with Crippen LogP contribution in [0.15, 0.2) is 30.6 Å². The van der Waals surface area contributed by atoms with Gasteiger partial charge in [-0.3, -0.25) is 14.8 Å². The lowest BCUT2D eigenvalue weighted by molar-refractivity contribution is 0.0368. The smallest absolute Gasteiger partial charge is 0.253 e. The third-order valence-corrected chi connectivity index (χ3v) is 2.69. The number of benzene rings is 1. The summed E-state index contributed by atoms with van der Waals surface area (Å²) in [7, 11) is 1.67. The van der Waals surface area contributed by atoms with Gasteiger partial charge in [-0.25, -0.2) is 0 Å². The normalized spacial score (nSPS) is 11.6. The zero-order chi connectivity index (χ0) is 14.0. The lowest BCUT2D eigenvalue weighted by atomic mass is 10.1. The van der Waals surface area contributed by atoms with Crippen molar-refractivity contribution in [3.8, 4) is 0 Å². The largest absolute Gasteiger partial charge is 0.389 e. The molecule has 5 heteroatoms. The lowest BCUT2D eigenvalue weighted by Crippen LogP contribution is -2.39. The third kappa shape index (κ3) is 3.26. The molecule has 1 N–H and O–H groups in total. The average molecular weight is 259 g/mol. The van der Waals surface area contributed by atoms with E-state index >= 15 is 0 Å². The SMILES string of the molecule is CN(CC(C)(C)O)C(=O)c1ccc2nccnc2c1. The van der Waals surface area contributed by atoms with Gasteiger partial charge >= 0.3 is 0 Å². The molecule has 0 atom stereocenters. The number of amides is 1. The van der Waals surface area contributed by atoms with Crippen LogP contribution in [0.25, 0.3) is 11.0 Å². The first-order chi connectivity index (χ1) is 8.87. The van der Waals surface area contributed by atoms with Crippen molar-refractivity contribution in [1.82, 2.24) is 14.9 Å². The van der Waals surface area contributed by atoms with Gasteiger partial charge in [0.25, 0.3) is 5.91 Å². The number of rotatable bonds is 3. The highest BCUT2D eigenvalue weighted by Gasteiger charge is 2.20. The standard InChI is InChI=1S/C14H17N3O2/c1-14(2,19)9-17(3)13(18)10-4-5-11-12(8-10)16-7-6-15-11/h4-8,19H,9H2,1-3H3. The number of nitrogens with zero attached hydrogens (tertiary/aromatic N) is 3. The van der Waals surface area contributed by atoms with E-state index in [-0.39, 0.29) is 12.5 Å². The first kappa shape index (κ1) is 13.4. The highest BCUT2D eigenvalue weighted by molar-refractivity contribution is 5.97. The topological polar surface area (TPSA) is 66.3 Å². The molecule has 2 rings (SSSR count). The molecule has 1 amide bonds. The van der Waals surface area contributed by atoms with Gasteiger partial charge in [0.1, 0.15) is 0 Å². The van der Waals surface area contributed by atoms with Crippen molar-refractivity contribution in [2.24, 2.45) is 0 Å². The van der Waals surface area contributed by atoms with Crippen LogP contribution in [0.2, 0.25) is 0 Å². The molecule has 0 bridgehead atoms. The second-order valence-corrected chi connectivity index (χ2v) is 5.23. The second kappa shape index (κ2) is 4.93. The van der Waals surface area contributed by atoms with Crippen LogP contribution in [0.4, 0.5) is 0 Å². The Kier molecular flexibility index (Phi) is 3.48. The number of carbonyl (C=O) groups excluding carboxylic acids is 1. The second-order valence-electron chi connectivity index (χ2n) is 5.23. The molecule has 1 aromatic heterocycles. The average Bonchev–Trinajstić information content (AvgIpc) is 2.35. The first-order valence-electron chi connectivity index (χ1n) is 6.05. The molecular weight excluding hydrogens is 242 g/mol. The molecule has 0 unspecified atom stereocenters. The van der Waals surface area contributed by atoms with Gasteiger partial charge in [0, 0.05) is 31.5 Å². The Morgan fingerprint density at radius 2 is 1.89 bits per heavy atom. The summed E-state index contributed by atoms with van der Waals surface area (Å²) >= 11 is 0. The van der Waals surface area contributed by atoms with E-state index in [2.05, 4.69) is 9.97 Å². The Bertz CT molecular complexity index is 605. The van der Waals surface area contributed by atoms with Gasteiger partial charge in [-0.05, 0) is 32.0 Å². The Hall–Kier alpha value is -2.01. The van der Waals surface area contributed by atoms with Crippen molar-refractivity contribution >= 4 is 16.9 Å². The molecule has 0 aliphatic heterocycles. The van der Waals surface area contributed by atoms with E-state index in [1.54, 1.807) is 51.5 Å². The van der Waals surface area contributed by atoms with E-state index < -0.39 is 5.60 Å². The van der Waals surface area contributed by atoms with Crippen LogP contribution >= 0.6 is 0 Å². The lowest BCUT2D eigenvalue weighted by Gasteiger charge is -2.25. The van der Waals surface area contributed by atoms with E-state index in [0.29, 0.717) is 11.1 Å². The summed E-state index contributed by atoms with van der Waals surface area (Å²) in [5.41, 5.74) is 1.06. The Labute approximate surface area is 111 Å². The molecule has 1 aromatic carbocycles. The molecule has 0 fully saturated rings.